The first kappa shape index (κ1) is 11.1. The number of fused-ring (bicyclic) bond motifs is 1. The Kier molecular flexibility index (Phi) is 2.55. The molecule has 0 bridgehead atoms. The molecule has 5 N–H and O–H groups in total. The second-order valence-corrected chi connectivity index (χ2v) is 4.26. The number of imidazole rings is 1. The van der Waals surface area contributed by atoms with Crippen molar-refractivity contribution in [2.45, 2.75) is 24.5 Å². The highest BCUT2D eigenvalue weighted by Gasteiger charge is 2.43. The largest absolute Gasteiger partial charge is 0.394 e. The third-order valence-corrected chi connectivity index (χ3v) is 3.13. The number of anilines is 1. The standard InChI is InChI=1S/C10H13N5O4/c11-8-5-9(13-2-12-8)15(3-14-5)10-7(18)6(17)4(1-16)19-10/h2-4,6-7,10,16-18H,1H2,(H2,11,12,13)/t4-,6-,7-,10-/m1/s1/i2D. The van der Waals surface area contributed by atoms with Gasteiger partial charge in [0.25, 0.3) is 0 Å². The Balaban J connectivity index is 2.07. The molecule has 0 unspecified atom stereocenters. The summed E-state index contributed by atoms with van der Waals surface area (Å²) in [4.78, 5) is 11.6. The molecule has 9 heteroatoms. The average Bonchev–Trinajstić information content (AvgIpc) is 2.93. The predicted octanol–water partition coefficient (Wildman–Crippen LogP) is -1.98. The number of aliphatic hydroxyl groups excluding tert-OH is 3. The lowest BCUT2D eigenvalue weighted by molar-refractivity contribution is -0.0511. The van der Waals surface area contributed by atoms with Crippen LogP contribution < -0.4 is 5.73 Å². The van der Waals surface area contributed by atoms with E-state index in [1.807, 2.05) is 0 Å². The Labute approximate surface area is 108 Å². The van der Waals surface area contributed by atoms with E-state index in [1.54, 1.807) is 0 Å². The molecule has 0 aliphatic carbocycles. The SMILES string of the molecule is [2H]c1nc(N)c2ncn([C@@H]3O[C@H](CO)[C@@H](O)[C@H]3O)c2n1. The van der Waals surface area contributed by atoms with E-state index in [9.17, 15) is 10.2 Å². The second-order valence-electron chi connectivity index (χ2n) is 4.26. The molecule has 2 aromatic rings. The molecule has 0 radical (unpaired) electrons. The van der Waals surface area contributed by atoms with E-state index in [0.717, 1.165) is 0 Å². The molecule has 1 fully saturated rings. The van der Waals surface area contributed by atoms with Crippen LogP contribution in [0.5, 0.6) is 0 Å². The summed E-state index contributed by atoms with van der Waals surface area (Å²) in [6.07, 6.45) is -3.31. The smallest absolute Gasteiger partial charge is 0.167 e. The Bertz CT molecular complexity index is 650. The van der Waals surface area contributed by atoms with E-state index in [4.69, 9.17) is 16.9 Å². The summed E-state index contributed by atoms with van der Waals surface area (Å²) in [5.41, 5.74) is 6.14. The van der Waals surface area contributed by atoms with Crippen LogP contribution in [-0.2, 0) is 4.74 Å². The van der Waals surface area contributed by atoms with Gasteiger partial charge in [-0.05, 0) is 0 Å². The lowest BCUT2D eigenvalue weighted by Crippen LogP contribution is -2.33. The maximum Gasteiger partial charge on any atom is 0.167 e. The quantitative estimate of drug-likeness (QED) is 0.491. The highest BCUT2D eigenvalue weighted by Crippen LogP contribution is 2.31. The lowest BCUT2D eigenvalue weighted by Gasteiger charge is -2.16. The summed E-state index contributed by atoms with van der Waals surface area (Å²) in [6.45, 7) is -0.428. The van der Waals surface area contributed by atoms with Crippen molar-refractivity contribution < 1.29 is 21.4 Å². The molecule has 102 valence electrons. The Morgan fingerprint density at radius 1 is 1.37 bits per heavy atom. The summed E-state index contributed by atoms with van der Waals surface area (Å²) in [5.74, 6) is 0.0468. The van der Waals surface area contributed by atoms with Crippen molar-refractivity contribution >= 4 is 17.0 Å². The Hall–Kier alpha value is -1.81. The van der Waals surface area contributed by atoms with Gasteiger partial charge in [-0.1, -0.05) is 0 Å². The monoisotopic (exact) mass is 268 g/mol. The highest BCUT2D eigenvalue weighted by atomic mass is 16.6. The average molecular weight is 268 g/mol. The summed E-state index contributed by atoms with van der Waals surface area (Å²) in [5, 5.41) is 28.8. The van der Waals surface area contributed by atoms with E-state index >= 15 is 0 Å². The van der Waals surface area contributed by atoms with Gasteiger partial charge in [0.05, 0.1) is 12.9 Å². The van der Waals surface area contributed by atoms with Crippen molar-refractivity contribution in [3.8, 4) is 0 Å². The number of hydrogen-bond acceptors (Lipinski definition) is 8. The summed E-state index contributed by atoms with van der Waals surface area (Å²) >= 11 is 0. The molecule has 19 heavy (non-hydrogen) atoms. The molecular formula is C10H13N5O4. The fourth-order valence-electron chi connectivity index (χ4n) is 2.12. The summed E-state index contributed by atoms with van der Waals surface area (Å²) in [7, 11) is 0. The topological polar surface area (TPSA) is 140 Å². The molecular weight excluding hydrogens is 254 g/mol. The minimum absolute atomic E-state index is 0.0468. The van der Waals surface area contributed by atoms with Crippen LogP contribution in [0.25, 0.3) is 11.2 Å². The van der Waals surface area contributed by atoms with Crippen LogP contribution in [0, 0.1) is 0 Å². The fourth-order valence-corrected chi connectivity index (χ4v) is 2.12. The molecule has 9 nitrogen and oxygen atoms in total. The predicted molar refractivity (Wildman–Crippen MR) is 62.7 cm³/mol. The second kappa shape index (κ2) is 4.38. The number of aliphatic hydroxyl groups is 3. The van der Waals surface area contributed by atoms with E-state index < -0.39 is 31.1 Å². The number of hydrogen-bond donors (Lipinski definition) is 4. The van der Waals surface area contributed by atoms with Crippen LogP contribution in [0.4, 0.5) is 5.82 Å². The van der Waals surface area contributed by atoms with Crippen LogP contribution in [0.15, 0.2) is 12.6 Å². The molecule has 4 atom stereocenters. The molecule has 0 spiro atoms. The minimum atomic E-state index is -1.25. The molecule has 2 aromatic heterocycles. The maximum absolute atomic E-state index is 9.97. The fraction of sp³-hybridized carbons (Fsp3) is 0.500. The van der Waals surface area contributed by atoms with Gasteiger partial charge in [0, 0.05) is 0 Å². The van der Waals surface area contributed by atoms with Crippen LogP contribution in [0.1, 0.15) is 7.60 Å². The third-order valence-electron chi connectivity index (χ3n) is 3.13. The van der Waals surface area contributed by atoms with Gasteiger partial charge in [0.2, 0.25) is 0 Å². The van der Waals surface area contributed by atoms with Gasteiger partial charge < -0.3 is 25.8 Å². The van der Waals surface area contributed by atoms with Gasteiger partial charge in [-0.15, -0.1) is 0 Å². The van der Waals surface area contributed by atoms with Crippen molar-refractivity contribution in [3.05, 3.63) is 12.6 Å². The van der Waals surface area contributed by atoms with E-state index in [-0.39, 0.29) is 23.3 Å². The Morgan fingerprint density at radius 2 is 2.16 bits per heavy atom. The van der Waals surface area contributed by atoms with Crippen molar-refractivity contribution in [2.24, 2.45) is 0 Å². The summed E-state index contributed by atoms with van der Waals surface area (Å²) < 4.78 is 14.2. The molecule has 1 aliphatic rings. The van der Waals surface area contributed by atoms with Gasteiger partial charge in [-0.2, -0.15) is 0 Å². The molecule has 3 rings (SSSR count). The molecule has 3 heterocycles. The first-order valence-corrected chi connectivity index (χ1v) is 5.62. The molecule has 1 aliphatic heterocycles. The third kappa shape index (κ3) is 1.75. The van der Waals surface area contributed by atoms with E-state index in [0.29, 0.717) is 0 Å². The van der Waals surface area contributed by atoms with Gasteiger partial charge in [-0.3, -0.25) is 4.57 Å². The van der Waals surface area contributed by atoms with Crippen LogP contribution in [-0.4, -0.2) is 59.8 Å². The maximum atomic E-state index is 9.97. The zero-order chi connectivity index (χ0) is 14.4. The highest BCUT2D eigenvalue weighted by molar-refractivity contribution is 5.81. The number of ether oxygens (including phenoxy) is 1. The van der Waals surface area contributed by atoms with Crippen molar-refractivity contribution in [1.29, 1.82) is 0 Å². The molecule has 1 saturated heterocycles. The van der Waals surface area contributed by atoms with Crippen molar-refractivity contribution in [1.82, 2.24) is 19.5 Å². The van der Waals surface area contributed by atoms with Crippen LogP contribution in [0.3, 0.4) is 0 Å². The van der Waals surface area contributed by atoms with Gasteiger partial charge in [0.1, 0.15) is 31.5 Å². The minimum Gasteiger partial charge on any atom is -0.394 e. The Morgan fingerprint density at radius 3 is 2.84 bits per heavy atom. The number of nitrogen functional groups attached to an aromatic ring is 1. The zero-order valence-electron chi connectivity index (χ0n) is 10.7. The number of nitrogens with zero attached hydrogens (tertiary/aromatic N) is 4. The molecule has 0 aromatic carbocycles. The van der Waals surface area contributed by atoms with Gasteiger partial charge in [-0.25, -0.2) is 15.0 Å². The summed E-state index contributed by atoms with van der Waals surface area (Å²) in [6, 6.07) is 0. The van der Waals surface area contributed by atoms with Crippen LogP contribution in [0.2, 0.25) is 0 Å². The van der Waals surface area contributed by atoms with Gasteiger partial charge in [0.15, 0.2) is 17.7 Å². The first-order valence-electron chi connectivity index (χ1n) is 6.12. The van der Waals surface area contributed by atoms with Crippen molar-refractivity contribution in [2.75, 3.05) is 12.3 Å². The van der Waals surface area contributed by atoms with Crippen molar-refractivity contribution in [3.63, 3.8) is 0 Å². The number of aromatic nitrogens is 4. The van der Waals surface area contributed by atoms with Crippen LogP contribution >= 0.6 is 0 Å². The first-order chi connectivity index (χ1) is 9.52. The lowest BCUT2D eigenvalue weighted by atomic mass is 10.1. The van der Waals surface area contributed by atoms with E-state index in [1.165, 1.54) is 10.9 Å². The number of rotatable bonds is 2. The normalized spacial score (nSPS) is 31.8. The number of nitrogens with two attached hydrogens (primary N) is 1. The molecule has 0 amide bonds. The van der Waals surface area contributed by atoms with Gasteiger partial charge >= 0.3 is 0 Å². The van der Waals surface area contributed by atoms with E-state index in [2.05, 4.69) is 15.0 Å². The molecule has 0 saturated carbocycles. The zero-order valence-corrected chi connectivity index (χ0v) is 9.71.